The van der Waals surface area contributed by atoms with Crippen molar-refractivity contribution < 1.29 is 0 Å². The molecular weight excluding hydrogens is 339 g/mol. The van der Waals surface area contributed by atoms with Crippen molar-refractivity contribution in [3.05, 3.63) is 43.9 Å². The third-order valence-electron chi connectivity index (χ3n) is 2.19. The van der Waals surface area contributed by atoms with E-state index in [0.717, 1.165) is 0 Å². The summed E-state index contributed by atoms with van der Waals surface area (Å²) in [5.41, 5.74) is 1.32. The highest BCUT2D eigenvalue weighted by molar-refractivity contribution is 14.1. The maximum atomic E-state index is 3.59. The number of halogens is 2. The lowest BCUT2D eigenvalue weighted by Crippen LogP contribution is -1.84. The van der Waals surface area contributed by atoms with Crippen LogP contribution in [0.1, 0.15) is 5.56 Å². The minimum Gasteiger partial charge on any atom is -0.0616 e. The molecule has 0 saturated heterocycles. The van der Waals surface area contributed by atoms with E-state index < -0.39 is 0 Å². The van der Waals surface area contributed by atoms with Gasteiger partial charge in [-0.3, -0.25) is 0 Å². The van der Waals surface area contributed by atoms with Crippen molar-refractivity contribution in [1.29, 1.82) is 0 Å². The lowest BCUT2D eigenvalue weighted by Gasteiger charge is -2.06. The molecule has 0 bridgehead atoms. The van der Waals surface area contributed by atoms with E-state index in [1.165, 1.54) is 24.4 Å². The van der Waals surface area contributed by atoms with Gasteiger partial charge in [-0.1, -0.05) is 24.3 Å². The summed E-state index contributed by atoms with van der Waals surface area (Å²) in [6, 6.07) is 10.7. The number of fused-ring (bicyclic) bond motifs is 1. The minimum atomic E-state index is 1.21. The molecule has 0 heterocycles. The molecule has 2 aromatic carbocycles. The van der Waals surface area contributed by atoms with Gasteiger partial charge < -0.3 is 0 Å². The number of rotatable bonds is 0. The third kappa shape index (κ3) is 1.62. The van der Waals surface area contributed by atoms with Crippen molar-refractivity contribution in [1.82, 2.24) is 0 Å². The summed E-state index contributed by atoms with van der Waals surface area (Å²) in [5, 5.41) is 2.64. The quantitative estimate of drug-likeness (QED) is 0.615. The van der Waals surface area contributed by atoms with Crippen LogP contribution in [0.2, 0.25) is 0 Å². The molecule has 2 heteroatoms. The van der Waals surface area contributed by atoms with Gasteiger partial charge in [-0.15, -0.1) is 0 Å². The number of hydrogen-bond acceptors (Lipinski definition) is 0. The summed E-state index contributed by atoms with van der Waals surface area (Å²) in [5.74, 6) is 0. The Morgan fingerprint density at radius 2 is 1.92 bits per heavy atom. The molecular formula is C11H8BrI. The molecule has 2 aromatic rings. The van der Waals surface area contributed by atoms with Gasteiger partial charge in [0.25, 0.3) is 0 Å². The fraction of sp³-hybridized carbons (Fsp3) is 0.0909. The second-order valence-electron chi connectivity index (χ2n) is 3.02. The van der Waals surface area contributed by atoms with Crippen LogP contribution < -0.4 is 0 Å². The van der Waals surface area contributed by atoms with Gasteiger partial charge >= 0.3 is 0 Å². The molecule has 0 unspecified atom stereocenters. The molecule has 66 valence electrons. The highest BCUT2D eigenvalue weighted by Crippen LogP contribution is 2.30. The summed E-state index contributed by atoms with van der Waals surface area (Å²) < 4.78 is 2.49. The van der Waals surface area contributed by atoms with E-state index >= 15 is 0 Å². The van der Waals surface area contributed by atoms with Gasteiger partial charge in [0.15, 0.2) is 0 Å². The summed E-state index contributed by atoms with van der Waals surface area (Å²) in [4.78, 5) is 0. The van der Waals surface area contributed by atoms with E-state index in [4.69, 9.17) is 0 Å². The lowest BCUT2D eigenvalue weighted by atomic mass is 10.1. The van der Waals surface area contributed by atoms with E-state index in [1.807, 2.05) is 0 Å². The van der Waals surface area contributed by atoms with Crippen LogP contribution in [0.5, 0.6) is 0 Å². The molecule has 0 radical (unpaired) electrons. The number of benzene rings is 2. The van der Waals surface area contributed by atoms with Gasteiger partial charge in [-0.05, 0) is 67.8 Å². The van der Waals surface area contributed by atoms with E-state index in [2.05, 4.69) is 75.8 Å². The Bertz CT molecular complexity index is 463. The maximum absolute atomic E-state index is 3.59. The van der Waals surface area contributed by atoms with Crippen molar-refractivity contribution in [2.45, 2.75) is 6.92 Å². The molecule has 0 aromatic heterocycles. The maximum Gasteiger partial charge on any atom is 0.0344 e. The fourth-order valence-electron chi connectivity index (χ4n) is 1.46. The van der Waals surface area contributed by atoms with Crippen molar-refractivity contribution in [3.8, 4) is 0 Å². The molecule has 2 rings (SSSR count). The van der Waals surface area contributed by atoms with Gasteiger partial charge in [-0.2, -0.15) is 0 Å². The van der Waals surface area contributed by atoms with E-state index in [-0.39, 0.29) is 0 Å². The van der Waals surface area contributed by atoms with Crippen LogP contribution in [0, 0.1) is 10.5 Å². The van der Waals surface area contributed by atoms with Gasteiger partial charge in [0.2, 0.25) is 0 Å². The topological polar surface area (TPSA) is 0 Å². The zero-order chi connectivity index (χ0) is 9.42. The largest absolute Gasteiger partial charge is 0.0616 e. The molecule has 0 spiro atoms. The molecule has 0 amide bonds. The second-order valence-corrected chi connectivity index (χ2v) is 4.97. The van der Waals surface area contributed by atoms with Crippen molar-refractivity contribution in [2.75, 3.05) is 0 Å². The van der Waals surface area contributed by atoms with Crippen LogP contribution in [0.4, 0.5) is 0 Å². The van der Waals surface area contributed by atoms with Crippen LogP contribution in [-0.2, 0) is 0 Å². The fourth-order valence-corrected chi connectivity index (χ4v) is 2.53. The number of aryl methyl sites for hydroxylation is 1. The Morgan fingerprint density at radius 3 is 2.69 bits per heavy atom. The van der Waals surface area contributed by atoms with Gasteiger partial charge in [0, 0.05) is 8.04 Å². The molecule has 0 N–H and O–H groups in total. The van der Waals surface area contributed by atoms with Gasteiger partial charge in [-0.25, -0.2) is 0 Å². The highest BCUT2D eigenvalue weighted by Gasteiger charge is 2.04. The van der Waals surface area contributed by atoms with E-state index in [0.29, 0.717) is 0 Å². The van der Waals surface area contributed by atoms with Gasteiger partial charge in [0.05, 0.1) is 0 Å². The van der Waals surface area contributed by atoms with E-state index in [9.17, 15) is 0 Å². The zero-order valence-corrected chi connectivity index (χ0v) is 10.9. The first-order chi connectivity index (χ1) is 6.20. The van der Waals surface area contributed by atoms with Crippen LogP contribution >= 0.6 is 38.5 Å². The Hall–Kier alpha value is -0.0900. The lowest BCUT2D eigenvalue weighted by molar-refractivity contribution is 1.46. The highest BCUT2D eigenvalue weighted by atomic mass is 127. The van der Waals surface area contributed by atoms with Crippen molar-refractivity contribution in [2.24, 2.45) is 0 Å². The Morgan fingerprint density at radius 1 is 1.23 bits per heavy atom. The van der Waals surface area contributed by atoms with E-state index in [1.54, 1.807) is 0 Å². The predicted molar refractivity (Wildman–Crippen MR) is 69.1 cm³/mol. The molecule has 0 fully saturated rings. The molecule has 0 atom stereocenters. The molecule has 0 aliphatic carbocycles. The number of hydrogen-bond donors (Lipinski definition) is 0. The summed E-state index contributed by atoms with van der Waals surface area (Å²) in [7, 11) is 0. The average molecular weight is 347 g/mol. The Labute approximate surface area is 99.6 Å². The summed E-state index contributed by atoms with van der Waals surface area (Å²) in [6.07, 6.45) is 0. The normalized spacial score (nSPS) is 10.7. The molecule has 0 nitrogen and oxygen atoms in total. The first-order valence-corrected chi connectivity index (χ1v) is 5.90. The molecule has 0 aliphatic rings. The van der Waals surface area contributed by atoms with Crippen LogP contribution in [0.25, 0.3) is 10.8 Å². The van der Waals surface area contributed by atoms with Gasteiger partial charge in [0.1, 0.15) is 0 Å². The SMILES string of the molecule is Cc1c(Br)c(I)cc2ccccc12. The molecule has 13 heavy (non-hydrogen) atoms. The zero-order valence-electron chi connectivity index (χ0n) is 7.14. The Kier molecular flexibility index (Phi) is 2.60. The molecule has 0 saturated carbocycles. The second kappa shape index (κ2) is 3.58. The smallest absolute Gasteiger partial charge is 0.0344 e. The standard InChI is InChI=1S/C11H8BrI/c1-7-9-5-3-2-4-8(9)6-10(13)11(7)12/h2-6H,1H3. The Balaban J connectivity index is 2.94. The first kappa shape index (κ1) is 9.46. The minimum absolute atomic E-state index is 1.21. The van der Waals surface area contributed by atoms with Crippen LogP contribution in [0.15, 0.2) is 34.8 Å². The summed E-state index contributed by atoms with van der Waals surface area (Å²) in [6.45, 7) is 2.15. The summed E-state index contributed by atoms with van der Waals surface area (Å²) >= 11 is 5.94. The first-order valence-electron chi connectivity index (χ1n) is 4.03. The average Bonchev–Trinajstić information content (AvgIpc) is 2.15. The monoisotopic (exact) mass is 346 g/mol. The third-order valence-corrected chi connectivity index (χ3v) is 4.80. The van der Waals surface area contributed by atoms with Crippen LogP contribution in [0.3, 0.4) is 0 Å². The van der Waals surface area contributed by atoms with Crippen molar-refractivity contribution in [3.63, 3.8) is 0 Å². The van der Waals surface area contributed by atoms with Crippen molar-refractivity contribution >= 4 is 49.3 Å². The molecule has 0 aliphatic heterocycles. The predicted octanol–water partition coefficient (Wildman–Crippen LogP) is 4.52. The van der Waals surface area contributed by atoms with Crippen LogP contribution in [-0.4, -0.2) is 0 Å².